The van der Waals surface area contributed by atoms with Crippen LogP contribution in [0.15, 0.2) is 54.6 Å². The number of hydrogen-bond donors (Lipinski definition) is 1. The fourth-order valence-electron chi connectivity index (χ4n) is 2.81. The van der Waals surface area contributed by atoms with Gasteiger partial charge in [-0.2, -0.15) is 0 Å². The molecule has 1 N–H and O–H groups in total. The number of aryl methyl sites for hydroxylation is 1. The first-order valence-corrected chi connectivity index (χ1v) is 7.79. The second-order valence-electron chi connectivity index (χ2n) is 5.71. The first-order chi connectivity index (χ1) is 11.2. The number of rotatable bonds is 3. The third-order valence-corrected chi connectivity index (χ3v) is 4.08. The van der Waals surface area contributed by atoms with E-state index in [2.05, 4.69) is 5.32 Å². The first kappa shape index (κ1) is 15.3. The molecule has 0 fully saturated rings. The van der Waals surface area contributed by atoms with Gasteiger partial charge in [0.15, 0.2) is 5.78 Å². The van der Waals surface area contributed by atoms with Crippen molar-refractivity contribution in [3.8, 4) is 0 Å². The van der Waals surface area contributed by atoms with Crippen molar-refractivity contribution in [1.29, 1.82) is 0 Å². The molecule has 2 aromatic rings. The van der Waals surface area contributed by atoms with E-state index < -0.39 is 12.1 Å². The Morgan fingerprint density at radius 3 is 2.52 bits per heavy atom. The summed E-state index contributed by atoms with van der Waals surface area (Å²) in [7, 11) is 0. The smallest absolute Gasteiger partial charge is 0.408 e. The average molecular weight is 309 g/mol. The number of amides is 1. The Kier molecular flexibility index (Phi) is 4.71. The monoisotopic (exact) mass is 309 g/mol. The highest BCUT2D eigenvalue weighted by molar-refractivity contribution is 5.89. The van der Waals surface area contributed by atoms with Crippen LogP contribution in [0.1, 0.15) is 23.1 Å². The third-order valence-electron chi connectivity index (χ3n) is 4.08. The van der Waals surface area contributed by atoms with Crippen molar-refractivity contribution in [2.45, 2.75) is 31.9 Å². The summed E-state index contributed by atoms with van der Waals surface area (Å²) in [6.07, 6.45) is 1.21. The number of carbonyl (C=O) groups is 2. The Morgan fingerprint density at radius 2 is 1.74 bits per heavy atom. The first-order valence-electron chi connectivity index (χ1n) is 7.79. The Morgan fingerprint density at radius 1 is 1.04 bits per heavy atom. The molecule has 1 unspecified atom stereocenters. The lowest BCUT2D eigenvalue weighted by Gasteiger charge is -2.15. The summed E-state index contributed by atoms with van der Waals surface area (Å²) in [6, 6.07) is 16.9. The zero-order chi connectivity index (χ0) is 16.1. The third kappa shape index (κ3) is 3.97. The number of benzene rings is 2. The van der Waals surface area contributed by atoms with E-state index in [1.54, 1.807) is 0 Å². The standard InChI is InChI=1S/C19H19NO3/c21-18-12-16-9-5-4-8-15(16)10-11-17(18)20-19(22)23-13-14-6-2-1-3-7-14/h1-9,17H,10-13H2,(H,20,22). The van der Waals surface area contributed by atoms with Crippen molar-refractivity contribution in [2.75, 3.05) is 0 Å². The quantitative estimate of drug-likeness (QED) is 0.887. The number of Topliss-reactive ketones (excluding diaryl/α,β-unsaturated/α-hetero) is 1. The van der Waals surface area contributed by atoms with Gasteiger partial charge in [-0.3, -0.25) is 4.79 Å². The maximum atomic E-state index is 12.3. The Hall–Kier alpha value is -2.62. The number of ketones is 1. The Bertz CT molecular complexity index is 697. The van der Waals surface area contributed by atoms with Gasteiger partial charge < -0.3 is 10.1 Å². The maximum absolute atomic E-state index is 12.3. The molecule has 118 valence electrons. The second-order valence-corrected chi connectivity index (χ2v) is 5.71. The summed E-state index contributed by atoms with van der Waals surface area (Å²) in [5.74, 6) is 0.0339. The van der Waals surface area contributed by atoms with Crippen molar-refractivity contribution < 1.29 is 14.3 Å². The summed E-state index contributed by atoms with van der Waals surface area (Å²) < 4.78 is 5.19. The van der Waals surface area contributed by atoms with Crippen LogP contribution in [0.5, 0.6) is 0 Å². The van der Waals surface area contributed by atoms with Gasteiger partial charge in [0.2, 0.25) is 0 Å². The van der Waals surface area contributed by atoms with Crippen molar-refractivity contribution in [3.05, 3.63) is 71.3 Å². The van der Waals surface area contributed by atoms with E-state index in [9.17, 15) is 9.59 Å². The van der Waals surface area contributed by atoms with Crippen LogP contribution in [0.4, 0.5) is 4.79 Å². The molecule has 0 spiro atoms. The van der Waals surface area contributed by atoms with Gasteiger partial charge in [-0.15, -0.1) is 0 Å². The summed E-state index contributed by atoms with van der Waals surface area (Å²) >= 11 is 0. The molecule has 1 atom stereocenters. The number of nitrogens with one attached hydrogen (secondary N) is 1. The molecule has 2 aromatic carbocycles. The predicted octanol–water partition coefficient (Wildman–Crippen LogP) is 3.04. The van der Waals surface area contributed by atoms with E-state index in [4.69, 9.17) is 4.74 Å². The SMILES string of the molecule is O=C(NC1CCc2ccccc2CC1=O)OCc1ccccc1. The highest BCUT2D eigenvalue weighted by Gasteiger charge is 2.25. The molecule has 3 rings (SSSR count). The van der Waals surface area contributed by atoms with Crippen molar-refractivity contribution in [1.82, 2.24) is 5.32 Å². The van der Waals surface area contributed by atoms with Crippen LogP contribution in [-0.4, -0.2) is 17.9 Å². The van der Waals surface area contributed by atoms with Crippen LogP contribution in [0.3, 0.4) is 0 Å². The highest BCUT2D eigenvalue weighted by Crippen LogP contribution is 2.18. The van der Waals surface area contributed by atoms with Crippen LogP contribution in [0, 0.1) is 0 Å². The molecule has 0 radical (unpaired) electrons. The van der Waals surface area contributed by atoms with E-state index in [0.717, 1.165) is 17.5 Å². The Labute approximate surface area is 135 Å². The molecule has 0 saturated heterocycles. The normalized spacial score (nSPS) is 17.0. The molecule has 0 bridgehead atoms. The molecule has 0 heterocycles. The van der Waals surface area contributed by atoms with Crippen molar-refractivity contribution >= 4 is 11.9 Å². The Balaban J connectivity index is 1.56. The zero-order valence-corrected chi connectivity index (χ0v) is 12.8. The summed E-state index contributed by atoms with van der Waals surface area (Å²) in [5.41, 5.74) is 3.16. The number of carbonyl (C=O) groups excluding carboxylic acids is 2. The fraction of sp³-hybridized carbons (Fsp3) is 0.263. The molecule has 4 nitrogen and oxygen atoms in total. The molecule has 23 heavy (non-hydrogen) atoms. The molecule has 1 aliphatic carbocycles. The minimum absolute atomic E-state index is 0.0339. The van der Waals surface area contributed by atoms with Gasteiger partial charge >= 0.3 is 6.09 Å². The van der Waals surface area contributed by atoms with E-state index in [0.29, 0.717) is 12.8 Å². The van der Waals surface area contributed by atoms with Crippen molar-refractivity contribution in [3.63, 3.8) is 0 Å². The summed E-state index contributed by atoms with van der Waals surface area (Å²) in [5, 5.41) is 2.70. The van der Waals surface area contributed by atoms with Crippen LogP contribution in [-0.2, 0) is 29.0 Å². The average Bonchev–Trinajstić information content (AvgIpc) is 2.73. The van der Waals surface area contributed by atoms with E-state index in [1.807, 2.05) is 54.6 Å². The molecule has 0 saturated carbocycles. The lowest BCUT2D eigenvalue weighted by molar-refractivity contribution is -0.120. The molecular weight excluding hydrogens is 290 g/mol. The zero-order valence-electron chi connectivity index (χ0n) is 12.8. The molecule has 0 aromatic heterocycles. The lowest BCUT2D eigenvalue weighted by atomic mass is 10.0. The van der Waals surface area contributed by atoms with E-state index in [-0.39, 0.29) is 12.4 Å². The molecule has 1 aliphatic rings. The number of fused-ring (bicyclic) bond motifs is 1. The number of alkyl carbamates (subject to hydrolysis) is 1. The topological polar surface area (TPSA) is 55.4 Å². The van der Waals surface area contributed by atoms with Gasteiger partial charge in [-0.05, 0) is 29.5 Å². The van der Waals surface area contributed by atoms with Crippen LogP contribution in [0.2, 0.25) is 0 Å². The fourth-order valence-corrected chi connectivity index (χ4v) is 2.81. The van der Waals surface area contributed by atoms with E-state index >= 15 is 0 Å². The molecule has 1 amide bonds. The van der Waals surface area contributed by atoms with Crippen LogP contribution >= 0.6 is 0 Å². The van der Waals surface area contributed by atoms with Gasteiger partial charge in [-0.1, -0.05) is 54.6 Å². The molecule has 0 aliphatic heterocycles. The lowest BCUT2D eigenvalue weighted by Crippen LogP contribution is -2.41. The summed E-state index contributed by atoms with van der Waals surface area (Å²) in [4.78, 5) is 24.2. The maximum Gasteiger partial charge on any atom is 0.408 e. The molecule has 4 heteroatoms. The van der Waals surface area contributed by atoms with Crippen LogP contribution < -0.4 is 5.32 Å². The minimum Gasteiger partial charge on any atom is -0.445 e. The van der Waals surface area contributed by atoms with Gasteiger partial charge in [0, 0.05) is 6.42 Å². The largest absolute Gasteiger partial charge is 0.445 e. The molecular formula is C19H19NO3. The van der Waals surface area contributed by atoms with Gasteiger partial charge in [-0.25, -0.2) is 4.79 Å². The number of hydrogen-bond acceptors (Lipinski definition) is 3. The van der Waals surface area contributed by atoms with Gasteiger partial charge in [0.1, 0.15) is 6.61 Å². The highest BCUT2D eigenvalue weighted by atomic mass is 16.5. The number of ether oxygens (including phenoxy) is 1. The van der Waals surface area contributed by atoms with E-state index in [1.165, 1.54) is 5.56 Å². The van der Waals surface area contributed by atoms with Crippen LogP contribution in [0.25, 0.3) is 0 Å². The predicted molar refractivity (Wildman–Crippen MR) is 87.0 cm³/mol. The van der Waals surface area contributed by atoms with Gasteiger partial charge in [0.25, 0.3) is 0 Å². The summed E-state index contributed by atoms with van der Waals surface area (Å²) in [6.45, 7) is 0.202. The van der Waals surface area contributed by atoms with Crippen molar-refractivity contribution in [2.24, 2.45) is 0 Å². The minimum atomic E-state index is -0.543. The second kappa shape index (κ2) is 7.09. The van der Waals surface area contributed by atoms with Gasteiger partial charge in [0.05, 0.1) is 6.04 Å².